The molecule has 0 saturated heterocycles. The van der Waals surface area contributed by atoms with Gasteiger partial charge < -0.3 is 10.4 Å². The lowest BCUT2D eigenvalue weighted by Gasteiger charge is -2.13. The smallest absolute Gasteiger partial charge is 0.140 e. The Balaban J connectivity index is 2.58. The Hall–Kier alpha value is -0.610. The minimum Gasteiger partial charge on any atom is -0.396 e. The summed E-state index contributed by atoms with van der Waals surface area (Å²) in [6, 6.07) is 4.03. The predicted octanol–water partition coefficient (Wildman–Crippen LogP) is 2.03. The SMILES string of the molecule is C[C@H](CCO)Nc1ncccc1Br. The minimum absolute atomic E-state index is 0.193. The average molecular weight is 245 g/mol. The first kappa shape index (κ1) is 10.5. The standard InChI is InChI=1S/C9H13BrN2O/c1-7(4-6-13)12-9-8(10)3-2-5-11-9/h2-3,5,7,13H,4,6H2,1H3,(H,11,12)/t7-/m1/s1. The molecule has 4 heteroatoms. The highest BCUT2D eigenvalue weighted by molar-refractivity contribution is 9.10. The summed E-state index contributed by atoms with van der Waals surface area (Å²) in [6.45, 7) is 2.20. The zero-order valence-corrected chi connectivity index (χ0v) is 9.08. The van der Waals surface area contributed by atoms with Crippen molar-refractivity contribution in [2.45, 2.75) is 19.4 Å². The lowest BCUT2D eigenvalue weighted by molar-refractivity contribution is 0.282. The fraction of sp³-hybridized carbons (Fsp3) is 0.444. The molecule has 0 amide bonds. The van der Waals surface area contributed by atoms with Crippen LogP contribution in [0.15, 0.2) is 22.8 Å². The largest absolute Gasteiger partial charge is 0.396 e. The van der Waals surface area contributed by atoms with Gasteiger partial charge in [-0.2, -0.15) is 0 Å². The van der Waals surface area contributed by atoms with Gasteiger partial charge >= 0.3 is 0 Å². The number of pyridine rings is 1. The molecule has 1 rings (SSSR count). The van der Waals surface area contributed by atoms with Crippen molar-refractivity contribution in [1.82, 2.24) is 4.98 Å². The van der Waals surface area contributed by atoms with Crippen LogP contribution in [0.2, 0.25) is 0 Å². The highest BCUT2D eigenvalue weighted by Gasteiger charge is 2.04. The molecule has 3 nitrogen and oxygen atoms in total. The maximum absolute atomic E-state index is 8.71. The Labute approximate surface area is 86.3 Å². The molecule has 2 N–H and O–H groups in total. The fourth-order valence-electron chi connectivity index (χ4n) is 0.991. The molecule has 1 aromatic heterocycles. The molecule has 0 aliphatic rings. The van der Waals surface area contributed by atoms with Gasteiger partial charge in [-0.05, 0) is 41.4 Å². The number of hydrogen-bond acceptors (Lipinski definition) is 3. The number of aliphatic hydroxyl groups excluding tert-OH is 1. The molecule has 0 fully saturated rings. The van der Waals surface area contributed by atoms with Gasteiger partial charge in [-0.3, -0.25) is 0 Å². The molecule has 1 aromatic rings. The van der Waals surface area contributed by atoms with Crippen LogP contribution in [-0.2, 0) is 0 Å². The molecule has 0 aliphatic heterocycles. The van der Waals surface area contributed by atoms with E-state index in [0.717, 1.165) is 16.7 Å². The van der Waals surface area contributed by atoms with Crippen molar-refractivity contribution >= 4 is 21.7 Å². The van der Waals surface area contributed by atoms with Gasteiger partial charge in [0.05, 0.1) is 4.47 Å². The van der Waals surface area contributed by atoms with Crippen LogP contribution in [0, 0.1) is 0 Å². The first-order valence-corrected chi connectivity index (χ1v) is 5.01. The van der Waals surface area contributed by atoms with Crippen LogP contribution < -0.4 is 5.32 Å². The predicted molar refractivity (Wildman–Crippen MR) is 56.7 cm³/mol. The van der Waals surface area contributed by atoms with Crippen LogP contribution in [0.25, 0.3) is 0 Å². The van der Waals surface area contributed by atoms with Crippen LogP contribution in [0.4, 0.5) is 5.82 Å². The zero-order chi connectivity index (χ0) is 9.68. The molecule has 72 valence electrons. The van der Waals surface area contributed by atoms with Crippen molar-refractivity contribution < 1.29 is 5.11 Å². The van der Waals surface area contributed by atoms with E-state index < -0.39 is 0 Å². The Morgan fingerprint density at radius 1 is 1.69 bits per heavy atom. The van der Waals surface area contributed by atoms with E-state index in [1.54, 1.807) is 6.20 Å². The normalized spacial score (nSPS) is 12.5. The van der Waals surface area contributed by atoms with Crippen LogP contribution in [-0.4, -0.2) is 22.7 Å². The zero-order valence-electron chi connectivity index (χ0n) is 7.50. The number of nitrogens with zero attached hydrogens (tertiary/aromatic N) is 1. The van der Waals surface area contributed by atoms with Crippen molar-refractivity contribution in [2.75, 3.05) is 11.9 Å². The van der Waals surface area contributed by atoms with E-state index in [2.05, 4.69) is 26.2 Å². The molecular formula is C9H13BrN2O. The summed E-state index contributed by atoms with van der Waals surface area (Å²) in [5.74, 6) is 0.823. The lowest BCUT2D eigenvalue weighted by Crippen LogP contribution is -2.17. The summed E-state index contributed by atoms with van der Waals surface area (Å²) in [5, 5.41) is 11.9. The summed E-state index contributed by atoms with van der Waals surface area (Å²) in [6.07, 6.45) is 2.46. The van der Waals surface area contributed by atoms with Gasteiger partial charge in [0.15, 0.2) is 0 Å². The van der Waals surface area contributed by atoms with Crippen molar-refractivity contribution in [3.8, 4) is 0 Å². The molecular weight excluding hydrogens is 232 g/mol. The number of rotatable bonds is 4. The van der Waals surface area contributed by atoms with Crippen LogP contribution in [0.5, 0.6) is 0 Å². The number of anilines is 1. The highest BCUT2D eigenvalue weighted by Crippen LogP contribution is 2.19. The first-order valence-electron chi connectivity index (χ1n) is 4.22. The fourth-order valence-corrected chi connectivity index (χ4v) is 1.36. The molecule has 13 heavy (non-hydrogen) atoms. The first-order chi connectivity index (χ1) is 6.24. The van der Waals surface area contributed by atoms with Gasteiger partial charge in [0.25, 0.3) is 0 Å². The maximum atomic E-state index is 8.71. The van der Waals surface area contributed by atoms with Gasteiger partial charge in [0.1, 0.15) is 5.82 Å². The molecule has 0 aliphatic carbocycles. The second kappa shape index (κ2) is 5.19. The van der Waals surface area contributed by atoms with Crippen LogP contribution >= 0.6 is 15.9 Å². The minimum atomic E-state index is 0.193. The van der Waals surface area contributed by atoms with Crippen LogP contribution in [0.1, 0.15) is 13.3 Å². The third-order valence-electron chi connectivity index (χ3n) is 1.70. The maximum Gasteiger partial charge on any atom is 0.140 e. The average Bonchev–Trinajstić information content (AvgIpc) is 2.09. The second-order valence-electron chi connectivity index (χ2n) is 2.89. The summed E-state index contributed by atoms with van der Waals surface area (Å²) < 4.78 is 0.944. The van der Waals surface area contributed by atoms with E-state index in [0.29, 0.717) is 0 Å². The van der Waals surface area contributed by atoms with Gasteiger partial charge in [-0.25, -0.2) is 4.98 Å². The van der Waals surface area contributed by atoms with E-state index >= 15 is 0 Å². The summed E-state index contributed by atoms with van der Waals surface area (Å²) in [7, 11) is 0. The molecule has 0 aromatic carbocycles. The third kappa shape index (κ3) is 3.32. The van der Waals surface area contributed by atoms with E-state index in [9.17, 15) is 0 Å². The number of aliphatic hydroxyl groups is 1. The van der Waals surface area contributed by atoms with Gasteiger partial charge in [-0.1, -0.05) is 0 Å². The Kier molecular flexibility index (Phi) is 4.18. The molecule has 0 saturated carbocycles. The summed E-state index contributed by atoms with van der Waals surface area (Å²) >= 11 is 3.39. The lowest BCUT2D eigenvalue weighted by atomic mass is 10.2. The van der Waals surface area contributed by atoms with Gasteiger partial charge in [0.2, 0.25) is 0 Å². The number of hydrogen-bond donors (Lipinski definition) is 2. The molecule has 1 atom stereocenters. The van der Waals surface area contributed by atoms with Crippen LogP contribution in [0.3, 0.4) is 0 Å². The van der Waals surface area contributed by atoms with Crippen molar-refractivity contribution in [1.29, 1.82) is 0 Å². The third-order valence-corrected chi connectivity index (χ3v) is 2.34. The van der Waals surface area contributed by atoms with E-state index in [-0.39, 0.29) is 12.6 Å². The Morgan fingerprint density at radius 3 is 3.08 bits per heavy atom. The van der Waals surface area contributed by atoms with Crippen molar-refractivity contribution in [3.63, 3.8) is 0 Å². The Bertz CT molecular complexity index is 268. The molecule has 0 unspecified atom stereocenters. The Morgan fingerprint density at radius 2 is 2.46 bits per heavy atom. The van der Waals surface area contributed by atoms with E-state index in [4.69, 9.17) is 5.11 Å². The monoisotopic (exact) mass is 244 g/mol. The second-order valence-corrected chi connectivity index (χ2v) is 3.75. The summed E-state index contributed by atoms with van der Waals surface area (Å²) in [4.78, 5) is 4.16. The number of halogens is 1. The highest BCUT2D eigenvalue weighted by atomic mass is 79.9. The van der Waals surface area contributed by atoms with Crippen molar-refractivity contribution in [2.24, 2.45) is 0 Å². The molecule has 1 heterocycles. The molecule has 0 bridgehead atoms. The quantitative estimate of drug-likeness (QED) is 0.853. The van der Waals surface area contributed by atoms with Gasteiger partial charge in [0, 0.05) is 18.8 Å². The number of aromatic nitrogens is 1. The topological polar surface area (TPSA) is 45.1 Å². The van der Waals surface area contributed by atoms with Crippen molar-refractivity contribution in [3.05, 3.63) is 22.8 Å². The molecule has 0 spiro atoms. The van der Waals surface area contributed by atoms with E-state index in [1.165, 1.54) is 0 Å². The molecule has 0 radical (unpaired) electrons. The van der Waals surface area contributed by atoms with Gasteiger partial charge in [-0.15, -0.1) is 0 Å². The number of nitrogens with one attached hydrogen (secondary N) is 1. The van der Waals surface area contributed by atoms with E-state index in [1.807, 2.05) is 19.1 Å². The summed E-state index contributed by atoms with van der Waals surface area (Å²) in [5.41, 5.74) is 0.